The molecule has 15 heavy (non-hydrogen) atoms. The Kier molecular flexibility index (Phi) is 3.49. The summed E-state index contributed by atoms with van der Waals surface area (Å²) in [7, 11) is 0. The summed E-state index contributed by atoms with van der Waals surface area (Å²) in [6.07, 6.45) is 2.60. The zero-order chi connectivity index (χ0) is 10.7. The summed E-state index contributed by atoms with van der Waals surface area (Å²) in [5.74, 6) is 0.778. The molecule has 3 heteroatoms. The molecule has 0 amide bonds. The second-order valence-corrected chi connectivity index (χ2v) is 4.36. The molecular weight excluding hydrogens is 210 g/mol. The van der Waals surface area contributed by atoms with Crippen LogP contribution in [0.1, 0.15) is 19.8 Å². The van der Waals surface area contributed by atoms with Gasteiger partial charge in [-0.05, 0) is 38.4 Å². The van der Waals surface area contributed by atoms with E-state index in [-0.39, 0.29) is 6.10 Å². The summed E-state index contributed by atoms with van der Waals surface area (Å²) < 4.78 is 5.83. The smallest absolute Gasteiger partial charge is 0.138 e. The lowest BCUT2D eigenvalue weighted by Crippen LogP contribution is -2.36. The maximum absolute atomic E-state index is 6.03. The second kappa shape index (κ2) is 4.86. The first-order valence-electron chi connectivity index (χ1n) is 5.42. The van der Waals surface area contributed by atoms with E-state index in [1.807, 2.05) is 24.3 Å². The van der Waals surface area contributed by atoms with Crippen molar-refractivity contribution in [2.45, 2.75) is 31.9 Å². The van der Waals surface area contributed by atoms with E-state index in [9.17, 15) is 0 Å². The lowest BCUT2D eigenvalue weighted by molar-refractivity contribution is 0.180. The molecule has 2 unspecified atom stereocenters. The van der Waals surface area contributed by atoms with E-state index in [1.165, 1.54) is 12.8 Å². The number of ether oxygens (including phenoxy) is 1. The zero-order valence-corrected chi connectivity index (χ0v) is 9.63. The molecule has 1 fully saturated rings. The average Bonchev–Trinajstić information content (AvgIpc) is 2.74. The zero-order valence-electron chi connectivity index (χ0n) is 8.87. The summed E-state index contributed by atoms with van der Waals surface area (Å²) in [5, 5.41) is 4.11. The van der Waals surface area contributed by atoms with Crippen LogP contribution in [0.25, 0.3) is 0 Å². The molecular formula is C12H16ClNO. The molecule has 0 aliphatic carbocycles. The third kappa shape index (κ3) is 2.64. The summed E-state index contributed by atoms with van der Waals surface area (Å²) in [4.78, 5) is 0. The molecule has 0 bridgehead atoms. The SMILES string of the molecule is CC(Oc1ccccc1Cl)C1CCCN1. The highest BCUT2D eigenvalue weighted by Crippen LogP contribution is 2.25. The highest BCUT2D eigenvalue weighted by atomic mass is 35.5. The average molecular weight is 226 g/mol. The quantitative estimate of drug-likeness (QED) is 0.854. The van der Waals surface area contributed by atoms with Crippen molar-refractivity contribution in [3.05, 3.63) is 29.3 Å². The summed E-state index contributed by atoms with van der Waals surface area (Å²) in [6, 6.07) is 8.07. The molecule has 1 N–H and O–H groups in total. The van der Waals surface area contributed by atoms with Crippen molar-refractivity contribution in [1.82, 2.24) is 5.32 Å². The first kappa shape index (κ1) is 10.8. The Balaban J connectivity index is 1.99. The minimum atomic E-state index is 0.174. The largest absolute Gasteiger partial charge is 0.488 e. The Morgan fingerprint density at radius 2 is 2.27 bits per heavy atom. The molecule has 0 saturated carbocycles. The van der Waals surface area contributed by atoms with Gasteiger partial charge in [0.2, 0.25) is 0 Å². The van der Waals surface area contributed by atoms with E-state index in [1.54, 1.807) is 0 Å². The van der Waals surface area contributed by atoms with Crippen LogP contribution >= 0.6 is 11.6 Å². The number of benzene rings is 1. The standard InChI is InChI=1S/C12H16ClNO/c1-9(11-6-4-8-14-11)15-12-7-3-2-5-10(12)13/h2-3,5,7,9,11,14H,4,6,8H2,1H3. The minimum absolute atomic E-state index is 0.174. The molecule has 1 aliphatic heterocycles. The minimum Gasteiger partial charge on any atom is -0.488 e. The maximum Gasteiger partial charge on any atom is 0.138 e. The van der Waals surface area contributed by atoms with Crippen LogP contribution in [-0.2, 0) is 0 Å². The fraction of sp³-hybridized carbons (Fsp3) is 0.500. The van der Waals surface area contributed by atoms with Crippen molar-refractivity contribution < 1.29 is 4.74 Å². The molecule has 1 saturated heterocycles. The first-order valence-corrected chi connectivity index (χ1v) is 5.80. The number of hydrogen-bond acceptors (Lipinski definition) is 2. The highest BCUT2D eigenvalue weighted by Gasteiger charge is 2.22. The van der Waals surface area contributed by atoms with Gasteiger partial charge in [0.15, 0.2) is 0 Å². The van der Waals surface area contributed by atoms with Gasteiger partial charge in [-0.15, -0.1) is 0 Å². The Bertz CT molecular complexity index is 323. The van der Waals surface area contributed by atoms with Gasteiger partial charge in [-0.3, -0.25) is 0 Å². The number of rotatable bonds is 3. The van der Waals surface area contributed by atoms with Crippen molar-refractivity contribution in [2.24, 2.45) is 0 Å². The van der Waals surface area contributed by atoms with Crippen LogP contribution in [0.15, 0.2) is 24.3 Å². The summed E-state index contributed by atoms with van der Waals surface area (Å²) in [6.45, 7) is 3.19. The van der Waals surface area contributed by atoms with Crippen LogP contribution in [0.4, 0.5) is 0 Å². The van der Waals surface area contributed by atoms with Crippen LogP contribution in [0.2, 0.25) is 5.02 Å². The van der Waals surface area contributed by atoms with Crippen LogP contribution in [0, 0.1) is 0 Å². The van der Waals surface area contributed by atoms with E-state index in [2.05, 4.69) is 12.2 Å². The number of halogens is 1. The third-order valence-electron chi connectivity index (χ3n) is 2.81. The van der Waals surface area contributed by atoms with Gasteiger partial charge >= 0.3 is 0 Å². The lowest BCUT2D eigenvalue weighted by Gasteiger charge is -2.21. The molecule has 1 aromatic carbocycles. The molecule has 1 aromatic rings. The Morgan fingerprint density at radius 3 is 2.93 bits per heavy atom. The molecule has 0 spiro atoms. The monoisotopic (exact) mass is 225 g/mol. The van der Waals surface area contributed by atoms with Crippen molar-refractivity contribution in [2.75, 3.05) is 6.54 Å². The number of para-hydroxylation sites is 1. The Hall–Kier alpha value is -0.730. The fourth-order valence-corrected chi connectivity index (χ4v) is 2.12. The summed E-state index contributed by atoms with van der Waals surface area (Å²) >= 11 is 6.03. The third-order valence-corrected chi connectivity index (χ3v) is 3.13. The lowest BCUT2D eigenvalue weighted by atomic mass is 10.1. The van der Waals surface area contributed by atoms with Crippen LogP contribution in [0.3, 0.4) is 0 Å². The van der Waals surface area contributed by atoms with Crippen molar-refractivity contribution in [3.63, 3.8) is 0 Å². The van der Waals surface area contributed by atoms with Crippen molar-refractivity contribution in [3.8, 4) is 5.75 Å². The number of nitrogens with one attached hydrogen (secondary N) is 1. The molecule has 1 heterocycles. The van der Waals surface area contributed by atoms with Gasteiger partial charge in [-0.25, -0.2) is 0 Å². The van der Waals surface area contributed by atoms with E-state index < -0.39 is 0 Å². The van der Waals surface area contributed by atoms with Gasteiger partial charge in [0.1, 0.15) is 11.9 Å². The molecule has 82 valence electrons. The highest BCUT2D eigenvalue weighted by molar-refractivity contribution is 6.32. The Morgan fingerprint density at radius 1 is 1.47 bits per heavy atom. The second-order valence-electron chi connectivity index (χ2n) is 3.96. The predicted molar refractivity (Wildman–Crippen MR) is 62.6 cm³/mol. The maximum atomic E-state index is 6.03. The molecule has 1 aliphatic rings. The fourth-order valence-electron chi connectivity index (χ4n) is 1.93. The number of hydrogen-bond donors (Lipinski definition) is 1. The van der Waals surface area contributed by atoms with Crippen LogP contribution in [0.5, 0.6) is 5.75 Å². The predicted octanol–water partition coefficient (Wildman–Crippen LogP) is 2.86. The van der Waals surface area contributed by atoms with E-state index in [4.69, 9.17) is 16.3 Å². The molecule has 2 atom stereocenters. The van der Waals surface area contributed by atoms with E-state index >= 15 is 0 Å². The first-order chi connectivity index (χ1) is 7.27. The van der Waals surface area contributed by atoms with Gasteiger partial charge in [0.05, 0.1) is 5.02 Å². The molecule has 0 radical (unpaired) electrons. The van der Waals surface area contributed by atoms with Gasteiger partial charge in [-0.1, -0.05) is 23.7 Å². The van der Waals surface area contributed by atoms with Gasteiger partial charge < -0.3 is 10.1 Å². The Labute approximate surface area is 95.6 Å². The van der Waals surface area contributed by atoms with Gasteiger partial charge in [0.25, 0.3) is 0 Å². The van der Waals surface area contributed by atoms with Crippen LogP contribution in [-0.4, -0.2) is 18.7 Å². The van der Waals surface area contributed by atoms with Gasteiger partial charge in [-0.2, -0.15) is 0 Å². The van der Waals surface area contributed by atoms with E-state index in [0.717, 1.165) is 12.3 Å². The topological polar surface area (TPSA) is 21.3 Å². The summed E-state index contributed by atoms with van der Waals surface area (Å²) in [5.41, 5.74) is 0. The van der Waals surface area contributed by atoms with Crippen molar-refractivity contribution in [1.29, 1.82) is 0 Å². The van der Waals surface area contributed by atoms with Crippen LogP contribution < -0.4 is 10.1 Å². The molecule has 2 rings (SSSR count). The van der Waals surface area contributed by atoms with Crippen molar-refractivity contribution >= 4 is 11.6 Å². The molecule has 2 nitrogen and oxygen atoms in total. The molecule has 0 aromatic heterocycles. The normalized spacial score (nSPS) is 22.7. The van der Waals surface area contributed by atoms with Gasteiger partial charge in [0, 0.05) is 6.04 Å². The van der Waals surface area contributed by atoms with E-state index in [0.29, 0.717) is 11.1 Å².